The molecule has 0 radical (unpaired) electrons. The molecule has 0 aliphatic heterocycles. The summed E-state index contributed by atoms with van der Waals surface area (Å²) < 4.78 is 3.68. The molecule has 1 N–H and O–H groups in total. The molecule has 0 aliphatic rings. The van der Waals surface area contributed by atoms with E-state index < -0.39 is 0 Å². The number of aliphatic hydroxyl groups excluding tert-OH is 1. The molecule has 0 unspecified atom stereocenters. The maximum atomic E-state index is 12.1. The average Bonchev–Trinajstić information content (AvgIpc) is 2.99. The van der Waals surface area contributed by atoms with Gasteiger partial charge in [0, 0.05) is 19.2 Å². The normalized spacial score (nSPS) is 9.70. The van der Waals surface area contributed by atoms with Gasteiger partial charge in [-0.15, -0.1) is 5.10 Å². The topological polar surface area (TPSA) is 66.3 Å². The summed E-state index contributed by atoms with van der Waals surface area (Å²) in [6.07, 6.45) is 1.46. The quantitative estimate of drug-likeness (QED) is 0.860. The molecule has 5 nitrogen and oxygen atoms in total. The van der Waals surface area contributed by atoms with Gasteiger partial charge < -0.3 is 10.0 Å². The summed E-state index contributed by atoms with van der Waals surface area (Å²) in [4.78, 5) is 14.2. The number of rotatable bonds is 3. The summed E-state index contributed by atoms with van der Waals surface area (Å²) in [6.45, 7) is 0.253. The van der Waals surface area contributed by atoms with Crippen molar-refractivity contribution in [3.05, 3.63) is 46.5 Å². The first-order valence-electron chi connectivity index (χ1n) is 5.93. The molecule has 0 fully saturated rings. The van der Waals surface area contributed by atoms with Gasteiger partial charge in [-0.05, 0) is 23.2 Å². The first kappa shape index (κ1) is 14.2. The smallest absolute Gasteiger partial charge is 0.267 e. The van der Waals surface area contributed by atoms with Gasteiger partial charge in [-0.3, -0.25) is 4.79 Å². The highest BCUT2D eigenvalue weighted by molar-refractivity contribution is 7.07. The summed E-state index contributed by atoms with van der Waals surface area (Å²) >= 11 is 1.07. The van der Waals surface area contributed by atoms with Crippen LogP contribution in [-0.4, -0.2) is 39.2 Å². The van der Waals surface area contributed by atoms with E-state index >= 15 is 0 Å². The van der Waals surface area contributed by atoms with Gasteiger partial charge in [0.15, 0.2) is 0 Å². The Morgan fingerprint density at radius 3 is 2.95 bits per heavy atom. The monoisotopic (exact) mass is 287 g/mol. The van der Waals surface area contributed by atoms with Gasteiger partial charge in [-0.1, -0.05) is 34.5 Å². The zero-order valence-corrected chi connectivity index (χ0v) is 11.7. The van der Waals surface area contributed by atoms with E-state index in [2.05, 4.69) is 21.4 Å². The zero-order valence-electron chi connectivity index (χ0n) is 10.9. The standard InChI is InChI=1S/C14H13N3O2S/c1-17(14(19)13-9-15-16-20-13)10-12-6-3-2-5-11(12)7-4-8-18/h2-3,5-6,9,18H,8,10H2,1H3. The zero-order chi connectivity index (χ0) is 14.4. The van der Waals surface area contributed by atoms with Gasteiger partial charge in [0.1, 0.15) is 11.5 Å². The largest absolute Gasteiger partial charge is 0.384 e. The molecule has 0 saturated heterocycles. The molecular weight excluding hydrogens is 274 g/mol. The Morgan fingerprint density at radius 1 is 1.45 bits per heavy atom. The lowest BCUT2D eigenvalue weighted by Gasteiger charge is -2.16. The van der Waals surface area contributed by atoms with Crippen LogP contribution < -0.4 is 0 Å². The minimum Gasteiger partial charge on any atom is -0.384 e. The lowest BCUT2D eigenvalue weighted by Crippen LogP contribution is -2.25. The SMILES string of the molecule is CN(Cc1ccccc1C#CCO)C(=O)c1cnns1. The maximum absolute atomic E-state index is 12.1. The van der Waals surface area contributed by atoms with E-state index in [0.717, 1.165) is 22.7 Å². The molecule has 0 saturated carbocycles. The van der Waals surface area contributed by atoms with Crippen molar-refractivity contribution in [3.63, 3.8) is 0 Å². The Bertz CT molecular complexity index is 644. The van der Waals surface area contributed by atoms with Crippen LogP contribution in [0.2, 0.25) is 0 Å². The molecule has 1 aromatic carbocycles. The van der Waals surface area contributed by atoms with E-state index in [0.29, 0.717) is 11.4 Å². The second-order valence-electron chi connectivity index (χ2n) is 4.06. The number of aromatic nitrogens is 2. The second kappa shape index (κ2) is 6.80. The van der Waals surface area contributed by atoms with Gasteiger partial charge in [0.25, 0.3) is 5.91 Å². The van der Waals surface area contributed by atoms with Gasteiger partial charge in [-0.2, -0.15) is 0 Å². The van der Waals surface area contributed by atoms with Crippen LogP contribution in [0.4, 0.5) is 0 Å². The molecular formula is C14H13N3O2S. The number of carbonyl (C=O) groups is 1. The minimum atomic E-state index is -0.185. The van der Waals surface area contributed by atoms with E-state index in [1.807, 2.05) is 24.3 Å². The lowest BCUT2D eigenvalue weighted by atomic mass is 10.1. The number of amides is 1. The van der Waals surface area contributed by atoms with Crippen molar-refractivity contribution in [2.45, 2.75) is 6.54 Å². The third kappa shape index (κ3) is 3.41. The summed E-state index contributed by atoms with van der Waals surface area (Å²) in [7, 11) is 1.72. The van der Waals surface area contributed by atoms with Gasteiger partial charge in [0.2, 0.25) is 0 Å². The molecule has 1 aromatic heterocycles. The number of aliphatic hydroxyl groups is 1. The van der Waals surface area contributed by atoms with Crippen molar-refractivity contribution in [2.24, 2.45) is 0 Å². The predicted octanol–water partition coefficient (Wildman–Crippen LogP) is 1.15. The predicted molar refractivity (Wildman–Crippen MR) is 76.1 cm³/mol. The van der Waals surface area contributed by atoms with Crippen LogP contribution in [0.25, 0.3) is 0 Å². The Kier molecular flexibility index (Phi) is 4.82. The minimum absolute atomic E-state index is 0.120. The number of carbonyl (C=O) groups excluding carboxylic acids is 1. The Morgan fingerprint density at radius 2 is 2.25 bits per heavy atom. The van der Waals surface area contributed by atoms with Crippen LogP contribution in [0, 0.1) is 11.8 Å². The molecule has 102 valence electrons. The Hall–Kier alpha value is -2.23. The summed E-state index contributed by atoms with van der Waals surface area (Å²) in [5, 5.41) is 12.4. The molecule has 1 heterocycles. The van der Waals surface area contributed by atoms with Crippen molar-refractivity contribution in [3.8, 4) is 11.8 Å². The fraction of sp³-hybridized carbons (Fsp3) is 0.214. The molecule has 6 heteroatoms. The highest BCUT2D eigenvalue weighted by Crippen LogP contribution is 2.13. The highest BCUT2D eigenvalue weighted by Gasteiger charge is 2.15. The fourth-order valence-electron chi connectivity index (χ4n) is 1.69. The van der Waals surface area contributed by atoms with Crippen LogP contribution in [0.5, 0.6) is 0 Å². The third-order valence-corrected chi connectivity index (χ3v) is 3.30. The molecule has 2 aromatic rings. The molecule has 0 atom stereocenters. The van der Waals surface area contributed by atoms with Crippen molar-refractivity contribution >= 4 is 17.4 Å². The van der Waals surface area contributed by atoms with Crippen LogP contribution >= 0.6 is 11.5 Å². The van der Waals surface area contributed by atoms with Crippen LogP contribution in [0.1, 0.15) is 20.8 Å². The molecule has 0 aliphatic carbocycles. The van der Waals surface area contributed by atoms with E-state index in [1.165, 1.54) is 6.20 Å². The number of hydrogen-bond donors (Lipinski definition) is 1. The summed E-state index contributed by atoms with van der Waals surface area (Å²) in [5.41, 5.74) is 1.74. The summed E-state index contributed by atoms with van der Waals surface area (Å²) in [5.74, 6) is 5.38. The van der Waals surface area contributed by atoms with E-state index in [4.69, 9.17) is 5.11 Å². The van der Waals surface area contributed by atoms with Gasteiger partial charge in [-0.25, -0.2) is 0 Å². The third-order valence-electron chi connectivity index (χ3n) is 2.65. The first-order chi connectivity index (χ1) is 9.72. The highest BCUT2D eigenvalue weighted by atomic mass is 32.1. The van der Waals surface area contributed by atoms with E-state index in [-0.39, 0.29) is 12.5 Å². The van der Waals surface area contributed by atoms with E-state index in [9.17, 15) is 4.79 Å². The first-order valence-corrected chi connectivity index (χ1v) is 6.70. The van der Waals surface area contributed by atoms with Crippen molar-refractivity contribution in [2.75, 3.05) is 13.7 Å². The van der Waals surface area contributed by atoms with E-state index in [1.54, 1.807) is 11.9 Å². The second-order valence-corrected chi connectivity index (χ2v) is 4.85. The van der Waals surface area contributed by atoms with Crippen molar-refractivity contribution in [1.29, 1.82) is 0 Å². The van der Waals surface area contributed by atoms with Crippen LogP contribution in [-0.2, 0) is 6.54 Å². The van der Waals surface area contributed by atoms with Crippen LogP contribution in [0.15, 0.2) is 30.5 Å². The summed E-state index contributed by atoms with van der Waals surface area (Å²) in [6, 6.07) is 7.55. The number of nitrogens with zero attached hydrogens (tertiary/aromatic N) is 3. The van der Waals surface area contributed by atoms with Crippen molar-refractivity contribution < 1.29 is 9.90 Å². The molecule has 20 heavy (non-hydrogen) atoms. The molecule has 0 bridgehead atoms. The lowest BCUT2D eigenvalue weighted by molar-refractivity contribution is 0.0789. The van der Waals surface area contributed by atoms with Crippen LogP contribution in [0.3, 0.4) is 0 Å². The average molecular weight is 287 g/mol. The Balaban J connectivity index is 2.15. The fourth-order valence-corrected chi connectivity index (χ4v) is 2.20. The number of benzene rings is 1. The molecule has 1 amide bonds. The van der Waals surface area contributed by atoms with Gasteiger partial charge in [0.05, 0.1) is 6.20 Å². The maximum Gasteiger partial charge on any atom is 0.267 e. The molecule has 0 spiro atoms. The Labute approximate surface area is 121 Å². The van der Waals surface area contributed by atoms with Crippen molar-refractivity contribution in [1.82, 2.24) is 14.5 Å². The molecule has 2 rings (SSSR count). The van der Waals surface area contributed by atoms with Gasteiger partial charge >= 0.3 is 0 Å². The number of hydrogen-bond acceptors (Lipinski definition) is 5.